The predicted molar refractivity (Wildman–Crippen MR) is 79.0 cm³/mol. The standard InChI is InChI=1S/C15H15F5N4O/c1-23(7-15(18,19)20)13(25)6-24-12-3-11(17)10(16)2-9(12)14(22-24)8-4-21-5-8/h2-3,8,21H,4-7H2,1H3. The van der Waals surface area contributed by atoms with E-state index in [4.69, 9.17) is 0 Å². The Labute approximate surface area is 139 Å². The summed E-state index contributed by atoms with van der Waals surface area (Å²) in [7, 11) is 1.03. The number of nitrogens with one attached hydrogen (secondary N) is 1. The molecule has 2 heterocycles. The van der Waals surface area contributed by atoms with Crippen molar-refractivity contribution in [2.24, 2.45) is 0 Å². The number of hydrogen-bond donors (Lipinski definition) is 1. The van der Waals surface area contributed by atoms with Gasteiger partial charge in [0.25, 0.3) is 0 Å². The van der Waals surface area contributed by atoms with Crippen LogP contribution in [0.4, 0.5) is 22.0 Å². The molecule has 0 radical (unpaired) electrons. The fourth-order valence-corrected chi connectivity index (χ4v) is 2.70. The first kappa shape index (κ1) is 17.6. The predicted octanol–water partition coefficient (Wildman–Crippen LogP) is 2.02. The van der Waals surface area contributed by atoms with E-state index in [2.05, 4.69) is 10.4 Å². The molecule has 1 aromatic heterocycles. The molecule has 1 saturated heterocycles. The first-order valence-corrected chi connectivity index (χ1v) is 7.52. The average molecular weight is 362 g/mol. The van der Waals surface area contributed by atoms with E-state index in [-0.39, 0.29) is 11.4 Å². The van der Waals surface area contributed by atoms with Crippen LogP contribution in [-0.2, 0) is 11.3 Å². The zero-order valence-corrected chi connectivity index (χ0v) is 13.2. The van der Waals surface area contributed by atoms with Gasteiger partial charge >= 0.3 is 6.18 Å². The Morgan fingerprint density at radius 3 is 2.52 bits per heavy atom. The van der Waals surface area contributed by atoms with Gasteiger partial charge in [0.1, 0.15) is 13.1 Å². The molecule has 1 N–H and O–H groups in total. The highest BCUT2D eigenvalue weighted by Gasteiger charge is 2.32. The Balaban J connectivity index is 1.93. The Morgan fingerprint density at radius 1 is 1.32 bits per heavy atom. The van der Waals surface area contributed by atoms with Crippen LogP contribution in [-0.4, -0.2) is 53.4 Å². The van der Waals surface area contributed by atoms with Crippen LogP contribution in [0.25, 0.3) is 10.9 Å². The van der Waals surface area contributed by atoms with Gasteiger partial charge in [-0.15, -0.1) is 0 Å². The van der Waals surface area contributed by atoms with Crippen molar-refractivity contribution in [1.29, 1.82) is 0 Å². The van der Waals surface area contributed by atoms with Gasteiger partial charge in [0.2, 0.25) is 5.91 Å². The second-order valence-corrected chi connectivity index (χ2v) is 6.05. The molecular formula is C15H15F5N4O. The number of fused-ring (bicyclic) bond motifs is 1. The second kappa shape index (κ2) is 6.25. The van der Waals surface area contributed by atoms with Crippen LogP contribution >= 0.6 is 0 Å². The number of rotatable bonds is 4. The number of alkyl halides is 3. The van der Waals surface area contributed by atoms with Gasteiger partial charge in [-0.05, 0) is 6.07 Å². The van der Waals surface area contributed by atoms with E-state index in [1.165, 1.54) is 0 Å². The molecular weight excluding hydrogens is 347 g/mol. The Kier molecular flexibility index (Phi) is 4.40. The van der Waals surface area contributed by atoms with E-state index in [0.29, 0.717) is 29.1 Å². The van der Waals surface area contributed by atoms with Gasteiger partial charge < -0.3 is 10.2 Å². The number of amides is 1. The van der Waals surface area contributed by atoms with Crippen LogP contribution in [0.2, 0.25) is 0 Å². The van der Waals surface area contributed by atoms with Crippen LogP contribution in [0.15, 0.2) is 12.1 Å². The number of carbonyl (C=O) groups excluding carboxylic acids is 1. The zero-order chi connectivity index (χ0) is 18.4. The SMILES string of the molecule is CN(CC(F)(F)F)C(=O)Cn1nc(C2CNC2)c2cc(F)c(F)cc21. The molecule has 3 rings (SSSR count). The number of benzene rings is 1. The molecule has 0 aliphatic carbocycles. The molecule has 1 fully saturated rings. The molecule has 0 bridgehead atoms. The number of halogens is 5. The van der Waals surface area contributed by atoms with E-state index in [1.807, 2.05) is 0 Å². The highest BCUT2D eigenvalue weighted by Crippen LogP contribution is 2.29. The van der Waals surface area contributed by atoms with Crippen molar-refractivity contribution in [2.75, 3.05) is 26.7 Å². The molecule has 0 unspecified atom stereocenters. The van der Waals surface area contributed by atoms with E-state index < -0.39 is 36.8 Å². The molecule has 0 spiro atoms. The summed E-state index contributed by atoms with van der Waals surface area (Å²) in [5.41, 5.74) is 0.675. The fraction of sp³-hybridized carbons (Fsp3) is 0.467. The van der Waals surface area contributed by atoms with Crippen LogP contribution in [0.5, 0.6) is 0 Å². The summed E-state index contributed by atoms with van der Waals surface area (Å²) in [5.74, 6) is -2.99. The highest BCUT2D eigenvalue weighted by molar-refractivity contribution is 5.85. The molecule has 1 aliphatic rings. The van der Waals surface area contributed by atoms with Gasteiger partial charge in [0.05, 0.1) is 11.2 Å². The van der Waals surface area contributed by atoms with Gasteiger partial charge in [-0.2, -0.15) is 18.3 Å². The molecule has 2 aromatic rings. The minimum absolute atomic E-state index is 0.0170. The molecule has 0 atom stereocenters. The monoisotopic (exact) mass is 362 g/mol. The first-order valence-electron chi connectivity index (χ1n) is 7.52. The average Bonchev–Trinajstić information content (AvgIpc) is 2.74. The van der Waals surface area contributed by atoms with Crippen molar-refractivity contribution < 1.29 is 26.7 Å². The summed E-state index contributed by atoms with van der Waals surface area (Å²) in [4.78, 5) is 12.6. The van der Waals surface area contributed by atoms with Crippen LogP contribution < -0.4 is 5.32 Å². The minimum Gasteiger partial charge on any atom is -0.335 e. The summed E-state index contributed by atoms with van der Waals surface area (Å²) in [5, 5.41) is 7.61. The lowest BCUT2D eigenvalue weighted by Crippen LogP contribution is -2.40. The van der Waals surface area contributed by atoms with Gasteiger partial charge in [0, 0.05) is 37.5 Å². The Morgan fingerprint density at radius 2 is 1.96 bits per heavy atom. The number of carbonyl (C=O) groups is 1. The summed E-state index contributed by atoms with van der Waals surface area (Å²) in [6.07, 6.45) is -4.52. The van der Waals surface area contributed by atoms with Crippen molar-refractivity contribution in [3.63, 3.8) is 0 Å². The Bertz CT molecular complexity index is 812. The third-order valence-corrected chi connectivity index (χ3v) is 4.12. The number of nitrogens with zero attached hydrogens (tertiary/aromatic N) is 3. The number of likely N-dealkylation sites (N-methyl/N-ethyl adjacent to an activating group) is 1. The lowest BCUT2D eigenvalue weighted by atomic mass is 9.96. The molecule has 136 valence electrons. The lowest BCUT2D eigenvalue weighted by Gasteiger charge is -2.25. The third kappa shape index (κ3) is 3.58. The molecule has 5 nitrogen and oxygen atoms in total. The van der Waals surface area contributed by atoms with Crippen molar-refractivity contribution in [2.45, 2.75) is 18.6 Å². The largest absolute Gasteiger partial charge is 0.406 e. The minimum atomic E-state index is -4.52. The normalized spacial score (nSPS) is 15.4. The van der Waals surface area contributed by atoms with Crippen LogP contribution in [0, 0.1) is 11.6 Å². The molecule has 1 amide bonds. The quantitative estimate of drug-likeness (QED) is 0.847. The van der Waals surface area contributed by atoms with Crippen molar-refractivity contribution in [3.8, 4) is 0 Å². The van der Waals surface area contributed by atoms with Crippen LogP contribution in [0.3, 0.4) is 0 Å². The maximum absolute atomic E-state index is 13.6. The molecule has 10 heteroatoms. The summed E-state index contributed by atoms with van der Waals surface area (Å²) in [6, 6.07) is 1.91. The van der Waals surface area contributed by atoms with E-state index in [0.717, 1.165) is 23.9 Å². The molecule has 0 saturated carbocycles. The molecule has 1 aromatic carbocycles. The second-order valence-electron chi connectivity index (χ2n) is 6.05. The van der Waals surface area contributed by atoms with Gasteiger partial charge in [0.15, 0.2) is 11.6 Å². The van der Waals surface area contributed by atoms with Crippen molar-refractivity contribution >= 4 is 16.8 Å². The molecule has 1 aliphatic heterocycles. The van der Waals surface area contributed by atoms with Crippen molar-refractivity contribution in [3.05, 3.63) is 29.5 Å². The third-order valence-electron chi connectivity index (χ3n) is 4.12. The topological polar surface area (TPSA) is 50.2 Å². The fourth-order valence-electron chi connectivity index (χ4n) is 2.70. The Hall–Kier alpha value is -2.23. The van der Waals surface area contributed by atoms with Gasteiger partial charge in [-0.3, -0.25) is 9.48 Å². The van der Waals surface area contributed by atoms with Crippen molar-refractivity contribution in [1.82, 2.24) is 20.0 Å². The summed E-state index contributed by atoms with van der Waals surface area (Å²) >= 11 is 0. The molecule has 25 heavy (non-hydrogen) atoms. The van der Waals surface area contributed by atoms with E-state index >= 15 is 0 Å². The van der Waals surface area contributed by atoms with E-state index in [1.54, 1.807) is 0 Å². The zero-order valence-electron chi connectivity index (χ0n) is 13.2. The van der Waals surface area contributed by atoms with Gasteiger partial charge in [-0.1, -0.05) is 0 Å². The maximum Gasteiger partial charge on any atom is 0.406 e. The lowest BCUT2D eigenvalue weighted by molar-refractivity contribution is -0.158. The van der Waals surface area contributed by atoms with Crippen LogP contribution in [0.1, 0.15) is 11.6 Å². The highest BCUT2D eigenvalue weighted by atomic mass is 19.4. The summed E-state index contributed by atoms with van der Waals surface area (Å²) < 4.78 is 65.5. The number of hydrogen-bond acceptors (Lipinski definition) is 3. The van der Waals surface area contributed by atoms with E-state index in [9.17, 15) is 26.7 Å². The number of aromatic nitrogens is 2. The maximum atomic E-state index is 13.6. The first-order chi connectivity index (χ1) is 11.7. The van der Waals surface area contributed by atoms with Gasteiger partial charge in [-0.25, -0.2) is 8.78 Å². The smallest absolute Gasteiger partial charge is 0.335 e. The summed E-state index contributed by atoms with van der Waals surface area (Å²) in [6.45, 7) is -0.679.